The van der Waals surface area contributed by atoms with Gasteiger partial charge >= 0.3 is 0 Å². The summed E-state index contributed by atoms with van der Waals surface area (Å²) in [7, 11) is 0. The van der Waals surface area contributed by atoms with E-state index < -0.39 is 0 Å². The van der Waals surface area contributed by atoms with Gasteiger partial charge in [0.1, 0.15) is 18.0 Å². The molecule has 0 radical (unpaired) electrons. The highest BCUT2D eigenvalue weighted by Gasteiger charge is 2.23. The third-order valence-corrected chi connectivity index (χ3v) is 4.17. The van der Waals surface area contributed by atoms with Crippen LogP contribution in [0.25, 0.3) is 10.9 Å². The Morgan fingerprint density at radius 3 is 3.08 bits per heavy atom. The molecule has 1 fully saturated rings. The van der Waals surface area contributed by atoms with E-state index >= 15 is 0 Å². The Hall–Kier alpha value is -2.54. The number of anilines is 1. The summed E-state index contributed by atoms with van der Waals surface area (Å²) in [5, 5.41) is 5.04. The Bertz CT molecular complexity index is 865. The quantitative estimate of drug-likeness (QED) is 0.738. The van der Waals surface area contributed by atoms with Crippen LogP contribution in [-0.2, 0) is 11.3 Å². The van der Waals surface area contributed by atoms with Crippen LogP contribution in [0.15, 0.2) is 36.9 Å². The molecule has 1 aromatic carbocycles. The number of hydrogen-bond acceptors (Lipinski definition) is 5. The first kappa shape index (κ1) is 15.0. The van der Waals surface area contributed by atoms with E-state index in [0.717, 1.165) is 28.8 Å². The summed E-state index contributed by atoms with van der Waals surface area (Å²) in [6, 6.07) is 4.59. The summed E-state index contributed by atoms with van der Waals surface area (Å²) in [6.45, 7) is 4.70. The Balaban J connectivity index is 1.59. The van der Waals surface area contributed by atoms with Crippen LogP contribution in [0.3, 0.4) is 0 Å². The van der Waals surface area contributed by atoms with E-state index in [2.05, 4.69) is 20.0 Å². The van der Waals surface area contributed by atoms with Crippen molar-refractivity contribution < 1.29 is 9.13 Å². The summed E-state index contributed by atoms with van der Waals surface area (Å²) in [6.07, 6.45) is 5.37. The summed E-state index contributed by atoms with van der Waals surface area (Å²) >= 11 is 0. The van der Waals surface area contributed by atoms with Gasteiger partial charge in [-0.15, -0.1) is 0 Å². The van der Waals surface area contributed by atoms with Gasteiger partial charge in [-0.1, -0.05) is 0 Å². The van der Waals surface area contributed by atoms with Crippen molar-refractivity contribution in [3.63, 3.8) is 0 Å². The van der Waals surface area contributed by atoms with Gasteiger partial charge < -0.3 is 9.64 Å². The average molecular weight is 327 g/mol. The van der Waals surface area contributed by atoms with Crippen LogP contribution in [-0.4, -0.2) is 45.5 Å². The molecule has 4 rings (SSSR count). The maximum absolute atomic E-state index is 13.6. The topological polar surface area (TPSA) is 56.1 Å². The predicted octanol–water partition coefficient (Wildman–Crippen LogP) is 2.18. The van der Waals surface area contributed by atoms with Crippen LogP contribution in [0.5, 0.6) is 0 Å². The molecule has 6 nitrogen and oxygen atoms in total. The Labute approximate surface area is 138 Å². The van der Waals surface area contributed by atoms with Crippen molar-refractivity contribution in [2.24, 2.45) is 0 Å². The number of halogens is 1. The number of rotatable bonds is 3. The Morgan fingerprint density at radius 2 is 2.25 bits per heavy atom. The van der Waals surface area contributed by atoms with Crippen molar-refractivity contribution in [1.29, 1.82) is 0 Å². The van der Waals surface area contributed by atoms with E-state index in [0.29, 0.717) is 19.7 Å². The molecular weight excluding hydrogens is 309 g/mol. The van der Waals surface area contributed by atoms with Crippen molar-refractivity contribution in [2.45, 2.75) is 19.6 Å². The van der Waals surface area contributed by atoms with Crippen molar-refractivity contribution in [1.82, 2.24) is 19.7 Å². The summed E-state index contributed by atoms with van der Waals surface area (Å²) in [5.41, 5.74) is 1.87. The third kappa shape index (κ3) is 2.94. The molecule has 1 unspecified atom stereocenters. The van der Waals surface area contributed by atoms with Crippen LogP contribution in [0.4, 0.5) is 10.2 Å². The second-order valence-corrected chi connectivity index (χ2v) is 6.04. The lowest BCUT2D eigenvalue weighted by Crippen LogP contribution is -2.44. The van der Waals surface area contributed by atoms with Gasteiger partial charge in [-0.2, -0.15) is 5.10 Å². The largest absolute Gasteiger partial charge is 0.373 e. The van der Waals surface area contributed by atoms with Gasteiger partial charge in [-0.25, -0.2) is 14.4 Å². The number of aryl methyl sites for hydroxylation is 1. The fourth-order valence-corrected chi connectivity index (χ4v) is 3.06. The molecule has 1 saturated heterocycles. The number of morpholine rings is 1. The molecule has 1 aliphatic heterocycles. The molecule has 0 aliphatic carbocycles. The van der Waals surface area contributed by atoms with E-state index in [1.54, 1.807) is 6.07 Å². The molecule has 1 atom stereocenters. The summed E-state index contributed by atoms with van der Waals surface area (Å²) in [4.78, 5) is 10.7. The standard InChI is InChI=1S/C17H18FN5O/c1-12-7-21-23(8-12)10-14-9-22(4-5-24-14)17-15-6-13(18)2-3-16(15)19-11-20-17/h2-3,6-8,11,14H,4-5,9-10H2,1H3. The van der Waals surface area contributed by atoms with E-state index in [1.807, 2.05) is 24.0 Å². The number of hydrogen-bond donors (Lipinski definition) is 0. The lowest BCUT2D eigenvalue weighted by Gasteiger charge is -2.34. The molecule has 7 heteroatoms. The first-order chi connectivity index (χ1) is 11.7. The maximum atomic E-state index is 13.6. The van der Waals surface area contributed by atoms with Crippen molar-refractivity contribution >= 4 is 16.7 Å². The molecule has 0 bridgehead atoms. The molecule has 3 heterocycles. The van der Waals surface area contributed by atoms with E-state index in [9.17, 15) is 4.39 Å². The molecule has 1 aliphatic rings. The summed E-state index contributed by atoms with van der Waals surface area (Å²) in [5.74, 6) is 0.472. The van der Waals surface area contributed by atoms with E-state index in [1.165, 1.54) is 18.5 Å². The maximum Gasteiger partial charge on any atom is 0.140 e. The predicted molar refractivity (Wildman–Crippen MR) is 88.4 cm³/mol. The molecule has 0 N–H and O–H groups in total. The minimum absolute atomic E-state index is 0.0108. The van der Waals surface area contributed by atoms with Crippen LogP contribution < -0.4 is 4.90 Å². The monoisotopic (exact) mass is 327 g/mol. The van der Waals surface area contributed by atoms with E-state index in [4.69, 9.17) is 4.74 Å². The first-order valence-electron chi connectivity index (χ1n) is 7.95. The van der Waals surface area contributed by atoms with E-state index in [-0.39, 0.29) is 11.9 Å². The molecule has 3 aromatic rings. The van der Waals surface area contributed by atoms with Gasteiger partial charge in [0.25, 0.3) is 0 Å². The molecule has 2 aromatic heterocycles. The zero-order valence-corrected chi connectivity index (χ0v) is 13.4. The first-order valence-corrected chi connectivity index (χ1v) is 7.95. The average Bonchev–Trinajstić information content (AvgIpc) is 2.99. The zero-order chi connectivity index (χ0) is 16.5. The highest BCUT2D eigenvalue weighted by Crippen LogP contribution is 2.25. The molecular formula is C17H18FN5O. The Kier molecular flexibility index (Phi) is 3.86. The summed E-state index contributed by atoms with van der Waals surface area (Å²) < 4.78 is 21.4. The van der Waals surface area contributed by atoms with Crippen molar-refractivity contribution in [2.75, 3.05) is 24.6 Å². The lowest BCUT2D eigenvalue weighted by atomic mass is 10.2. The number of aromatic nitrogens is 4. The Morgan fingerprint density at radius 1 is 1.33 bits per heavy atom. The normalized spacial score (nSPS) is 18.2. The van der Waals surface area contributed by atoms with Crippen LogP contribution in [0.1, 0.15) is 5.56 Å². The van der Waals surface area contributed by atoms with Gasteiger partial charge in [-0.3, -0.25) is 4.68 Å². The molecule has 24 heavy (non-hydrogen) atoms. The van der Waals surface area contributed by atoms with Crippen LogP contribution >= 0.6 is 0 Å². The fraction of sp³-hybridized carbons (Fsp3) is 0.353. The minimum Gasteiger partial charge on any atom is -0.373 e. The third-order valence-electron chi connectivity index (χ3n) is 4.17. The van der Waals surface area contributed by atoms with Crippen molar-refractivity contribution in [3.8, 4) is 0 Å². The van der Waals surface area contributed by atoms with Gasteiger partial charge in [0.05, 0.1) is 31.0 Å². The molecule has 0 spiro atoms. The number of ether oxygens (including phenoxy) is 1. The van der Waals surface area contributed by atoms with Gasteiger partial charge in [-0.05, 0) is 30.7 Å². The zero-order valence-electron chi connectivity index (χ0n) is 13.4. The second kappa shape index (κ2) is 6.16. The lowest BCUT2D eigenvalue weighted by molar-refractivity contribution is 0.0272. The van der Waals surface area contributed by atoms with Crippen LogP contribution in [0, 0.1) is 12.7 Å². The molecule has 124 valence electrons. The van der Waals surface area contributed by atoms with Crippen LogP contribution in [0.2, 0.25) is 0 Å². The van der Waals surface area contributed by atoms with Crippen molar-refractivity contribution in [3.05, 3.63) is 48.3 Å². The fourth-order valence-electron chi connectivity index (χ4n) is 3.06. The highest BCUT2D eigenvalue weighted by molar-refractivity contribution is 5.89. The van der Waals surface area contributed by atoms with Gasteiger partial charge in [0.15, 0.2) is 0 Å². The van der Waals surface area contributed by atoms with Gasteiger partial charge in [0.2, 0.25) is 0 Å². The minimum atomic E-state index is -0.282. The SMILES string of the molecule is Cc1cnn(CC2CN(c3ncnc4ccc(F)cc34)CCO2)c1. The molecule has 0 amide bonds. The number of fused-ring (bicyclic) bond motifs is 1. The highest BCUT2D eigenvalue weighted by atomic mass is 19.1. The number of nitrogens with zero attached hydrogens (tertiary/aromatic N) is 5. The smallest absolute Gasteiger partial charge is 0.140 e. The second-order valence-electron chi connectivity index (χ2n) is 6.04. The van der Waals surface area contributed by atoms with Gasteiger partial charge in [0, 0.05) is 24.7 Å². The molecule has 0 saturated carbocycles. The number of benzene rings is 1.